The molecule has 0 saturated carbocycles. The van der Waals surface area contributed by atoms with Crippen LogP contribution in [0.1, 0.15) is 40.5 Å². The molecule has 0 aromatic heterocycles. The highest BCUT2D eigenvalue weighted by molar-refractivity contribution is 5.77. The predicted molar refractivity (Wildman–Crippen MR) is 71.4 cm³/mol. The number of amides is 1. The molecule has 4 heteroatoms. The molecule has 0 aliphatic carbocycles. The van der Waals surface area contributed by atoms with Gasteiger partial charge in [0, 0.05) is 37.5 Å². The van der Waals surface area contributed by atoms with Crippen molar-refractivity contribution in [1.29, 1.82) is 0 Å². The van der Waals surface area contributed by atoms with Crippen molar-refractivity contribution in [3.8, 4) is 11.8 Å². The molecule has 0 saturated heterocycles. The summed E-state index contributed by atoms with van der Waals surface area (Å²) in [5.74, 6) is 5.83. The highest BCUT2D eigenvalue weighted by Crippen LogP contribution is 2.00. The van der Waals surface area contributed by atoms with Gasteiger partial charge in [-0.3, -0.25) is 4.79 Å². The van der Waals surface area contributed by atoms with Crippen molar-refractivity contribution < 1.29 is 4.79 Å². The average molecular weight is 239 g/mol. The summed E-state index contributed by atoms with van der Waals surface area (Å²) in [6, 6.07) is 0.0241. The van der Waals surface area contributed by atoms with E-state index in [0.717, 1.165) is 13.0 Å². The van der Waals surface area contributed by atoms with Crippen LogP contribution in [0.2, 0.25) is 0 Å². The number of nitrogens with two attached hydrogens (primary N) is 1. The smallest absolute Gasteiger partial charge is 0.222 e. The second-order valence-corrected chi connectivity index (χ2v) is 5.07. The lowest BCUT2D eigenvalue weighted by atomic mass is 10.1. The Labute approximate surface area is 105 Å². The normalized spacial score (nSPS) is 12.5. The Morgan fingerprint density at radius 1 is 1.41 bits per heavy atom. The van der Waals surface area contributed by atoms with Crippen molar-refractivity contribution in [1.82, 2.24) is 10.6 Å². The van der Waals surface area contributed by atoms with E-state index in [0.29, 0.717) is 13.0 Å². The fourth-order valence-corrected chi connectivity index (χ4v) is 1.40. The van der Waals surface area contributed by atoms with Crippen LogP contribution < -0.4 is 16.4 Å². The van der Waals surface area contributed by atoms with E-state index in [9.17, 15) is 4.79 Å². The molecular weight excluding hydrogens is 214 g/mol. The molecule has 1 atom stereocenters. The number of rotatable bonds is 6. The van der Waals surface area contributed by atoms with E-state index in [-0.39, 0.29) is 17.5 Å². The Kier molecular flexibility index (Phi) is 7.60. The van der Waals surface area contributed by atoms with E-state index in [2.05, 4.69) is 22.5 Å². The molecule has 98 valence electrons. The SMILES string of the molecule is CC#CCCNC(CN)CC(=O)NC(C)(C)C. The van der Waals surface area contributed by atoms with Crippen LogP contribution in [-0.2, 0) is 4.79 Å². The van der Waals surface area contributed by atoms with Gasteiger partial charge in [0.2, 0.25) is 5.91 Å². The van der Waals surface area contributed by atoms with Crippen molar-refractivity contribution >= 4 is 5.91 Å². The molecule has 0 rings (SSSR count). The first kappa shape index (κ1) is 16.0. The van der Waals surface area contributed by atoms with Crippen molar-refractivity contribution in [2.75, 3.05) is 13.1 Å². The monoisotopic (exact) mass is 239 g/mol. The van der Waals surface area contributed by atoms with Crippen molar-refractivity contribution in [3.05, 3.63) is 0 Å². The number of nitrogens with one attached hydrogen (secondary N) is 2. The summed E-state index contributed by atoms with van der Waals surface area (Å²) in [6.07, 6.45) is 1.20. The minimum absolute atomic E-state index is 0.0241. The van der Waals surface area contributed by atoms with Gasteiger partial charge in [-0.25, -0.2) is 0 Å². The zero-order chi connectivity index (χ0) is 13.3. The lowest BCUT2D eigenvalue weighted by Crippen LogP contribution is -2.46. The zero-order valence-electron chi connectivity index (χ0n) is 11.4. The topological polar surface area (TPSA) is 67.1 Å². The number of hydrogen-bond donors (Lipinski definition) is 3. The third-order valence-electron chi connectivity index (χ3n) is 2.09. The molecule has 0 aliphatic rings. The number of carbonyl (C=O) groups excluding carboxylic acids is 1. The minimum atomic E-state index is -0.191. The first-order valence-corrected chi connectivity index (χ1v) is 6.03. The fraction of sp³-hybridized carbons (Fsp3) is 0.769. The molecule has 0 radical (unpaired) electrons. The van der Waals surface area contributed by atoms with Gasteiger partial charge in [0.1, 0.15) is 0 Å². The van der Waals surface area contributed by atoms with Gasteiger partial charge in [-0.1, -0.05) is 0 Å². The van der Waals surface area contributed by atoms with Gasteiger partial charge in [-0.15, -0.1) is 11.8 Å². The van der Waals surface area contributed by atoms with Crippen LogP contribution in [0.5, 0.6) is 0 Å². The Balaban J connectivity index is 3.94. The highest BCUT2D eigenvalue weighted by atomic mass is 16.1. The highest BCUT2D eigenvalue weighted by Gasteiger charge is 2.17. The molecule has 1 unspecified atom stereocenters. The maximum atomic E-state index is 11.7. The molecule has 0 bridgehead atoms. The van der Waals surface area contributed by atoms with Gasteiger partial charge in [0.25, 0.3) is 0 Å². The van der Waals surface area contributed by atoms with Crippen LogP contribution in [0, 0.1) is 11.8 Å². The molecule has 0 aromatic carbocycles. The largest absolute Gasteiger partial charge is 0.351 e. The predicted octanol–water partition coefficient (Wildman–Crippen LogP) is 0.622. The summed E-state index contributed by atoms with van der Waals surface area (Å²) in [5, 5.41) is 6.16. The average Bonchev–Trinajstić information content (AvgIpc) is 2.20. The van der Waals surface area contributed by atoms with Crippen LogP contribution in [0.4, 0.5) is 0 Å². The van der Waals surface area contributed by atoms with Crippen molar-refractivity contribution in [2.24, 2.45) is 5.73 Å². The Bertz CT molecular complexity index is 283. The van der Waals surface area contributed by atoms with Gasteiger partial charge in [-0.2, -0.15) is 0 Å². The van der Waals surface area contributed by atoms with Gasteiger partial charge in [0.05, 0.1) is 0 Å². The number of carbonyl (C=O) groups is 1. The minimum Gasteiger partial charge on any atom is -0.351 e. The Morgan fingerprint density at radius 2 is 2.06 bits per heavy atom. The molecule has 0 fully saturated rings. The van der Waals surface area contributed by atoms with Crippen LogP contribution in [-0.4, -0.2) is 30.6 Å². The molecule has 0 spiro atoms. The number of hydrogen-bond acceptors (Lipinski definition) is 3. The third kappa shape index (κ3) is 9.86. The lowest BCUT2D eigenvalue weighted by molar-refractivity contribution is -0.122. The molecule has 0 aliphatic heterocycles. The summed E-state index contributed by atoms with van der Waals surface area (Å²) in [6.45, 7) is 8.94. The van der Waals surface area contributed by atoms with Crippen molar-refractivity contribution in [3.63, 3.8) is 0 Å². The summed E-state index contributed by atoms with van der Waals surface area (Å²) >= 11 is 0. The van der Waals surface area contributed by atoms with Crippen LogP contribution in [0.3, 0.4) is 0 Å². The molecular formula is C13H25N3O. The van der Waals surface area contributed by atoms with E-state index in [1.807, 2.05) is 27.7 Å². The molecule has 17 heavy (non-hydrogen) atoms. The van der Waals surface area contributed by atoms with E-state index in [4.69, 9.17) is 5.73 Å². The van der Waals surface area contributed by atoms with Crippen LogP contribution in [0.25, 0.3) is 0 Å². The van der Waals surface area contributed by atoms with E-state index >= 15 is 0 Å². The van der Waals surface area contributed by atoms with Crippen LogP contribution >= 0.6 is 0 Å². The molecule has 0 aromatic rings. The first-order chi connectivity index (χ1) is 7.89. The third-order valence-corrected chi connectivity index (χ3v) is 2.09. The molecule has 4 nitrogen and oxygen atoms in total. The maximum absolute atomic E-state index is 11.7. The quantitative estimate of drug-likeness (QED) is 0.470. The van der Waals surface area contributed by atoms with E-state index in [1.165, 1.54) is 0 Å². The summed E-state index contributed by atoms with van der Waals surface area (Å²) in [5.41, 5.74) is 5.43. The van der Waals surface area contributed by atoms with Gasteiger partial charge in [0.15, 0.2) is 0 Å². The fourth-order valence-electron chi connectivity index (χ4n) is 1.40. The van der Waals surface area contributed by atoms with Crippen molar-refractivity contribution in [2.45, 2.75) is 52.1 Å². The van der Waals surface area contributed by atoms with E-state index in [1.54, 1.807) is 0 Å². The summed E-state index contributed by atoms with van der Waals surface area (Å²) < 4.78 is 0. The second-order valence-electron chi connectivity index (χ2n) is 5.07. The molecule has 4 N–H and O–H groups in total. The van der Waals surface area contributed by atoms with Gasteiger partial charge >= 0.3 is 0 Å². The van der Waals surface area contributed by atoms with E-state index < -0.39 is 0 Å². The maximum Gasteiger partial charge on any atom is 0.222 e. The summed E-state index contributed by atoms with van der Waals surface area (Å²) in [7, 11) is 0. The van der Waals surface area contributed by atoms with Crippen LogP contribution in [0.15, 0.2) is 0 Å². The van der Waals surface area contributed by atoms with Gasteiger partial charge in [-0.05, 0) is 27.7 Å². The zero-order valence-corrected chi connectivity index (χ0v) is 11.4. The molecule has 1 amide bonds. The standard InChI is InChI=1S/C13H25N3O/c1-5-6-7-8-15-11(10-14)9-12(17)16-13(2,3)4/h11,15H,7-10,14H2,1-4H3,(H,16,17). The Hall–Kier alpha value is -1.05. The second kappa shape index (κ2) is 8.10. The molecule has 0 heterocycles. The first-order valence-electron chi connectivity index (χ1n) is 6.03. The Morgan fingerprint density at radius 3 is 2.53 bits per heavy atom. The summed E-state index contributed by atoms with van der Waals surface area (Å²) in [4.78, 5) is 11.7. The lowest BCUT2D eigenvalue weighted by Gasteiger charge is -2.23. The van der Waals surface area contributed by atoms with Gasteiger partial charge < -0.3 is 16.4 Å².